The van der Waals surface area contributed by atoms with Crippen LogP contribution in [0.25, 0.3) is 39.5 Å². The van der Waals surface area contributed by atoms with Crippen LogP contribution in [0.15, 0.2) is 65.5 Å². The van der Waals surface area contributed by atoms with Gasteiger partial charge in [0.05, 0.1) is 11.3 Å². The van der Waals surface area contributed by atoms with E-state index in [0.29, 0.717) is 16.9 Å². The fourth-order valence-corrected chi connectivity index (χ4v) is 3.11. The fourth-order valence-electron chi connectivity index (χ4n) is 3.11. The molecule has 5 rings (SSSR count). The molecule has 0 bridgehead atoms. The van der Waals surface area contributed by atoms with E-state index in [4.69, 9.17) is 4.42 Å². The number of halogens is 3. The van der Waals surface area contributed by atoms with Crippen LogP contribution >= 0.6 is 0 Å². The van der Waals surface area contributed by atoms with Crippen molar-refractivity contribution in [2.75, 3.05) is 0 Å². The van der Waals surface area contributed by atoms with Crippen molar-refractivity contribution in [1.29, 1.82) is 0 Å². The summed E-state index contributed by atoms with van der Waals surface area (Å²) in [4.78, 5) is 8.84. The maximum absolute atomic E-state index is 13.8. The lowest BCUT2D eigenvalue weighted by Gasteiger charge is -2.13. The predicted octanol–water partition coefficient (Wildman–Crippen LogP) is 4.62. The van der Waals surface area contributed by atoms with Crippen LogP contribution in [-0.4, -0.2) is 24.6 Å². The Bertz CT molecular complexity index is 1290. The number of benzene rings is 1. The predicted molar refractivity (Wildman–Crippen MR) is 94.2 cm³/mol. The first-order valence-corrected chi connectivity index (χ1v) is 8.23. The molecule has 28 heavy (non-hydrogen) atoms. The topological polar surface area (TPSA) is 69.1 Å². The Morgan fingerprint density at radius 1 is 0.929 bits per heavy atom. The smallest absolute Gasteiger partial charge is 0.417 e. The molecular weight excluding hydrogens is 371 g/mol. The normalized spacial score (nSPS) is 12.1. The number of rotatable bonds is 2. The molecule has 0 fully saturated rings. The van der Waals surface area contributed by atoms with Gasteiger partial charge >= 0.3 is 6.18 Å². The van der Waals surface area contributed by atoms with Crippen molar-refractivity contribution in [2.45, 2.75) is 6.18 Å². The van der Waals surface area contributed by atoms with E-state index in [1.54, 1.807) is 30.3 Å². The van der Waals surface area contributed by atoms with Gasteiger partial charge in [0.15, 0.2) is 0 Å². The first kappa shape index (κ1) is 16.4. The van der Waals surface area contributed by atoms with Gasteiger partial charge in [-0.25, -0.2) is 9.97 Å². The first-order valence-electron chi connectivity index (χ1n) is 8.23. The maximum atomic E-state index is 13.8. The molecule has 9 heteroatoms. The summed E-state index contributed by atoms with van der Waals surface area (Å²) >= 11 is 0. The van der Waals surface area contributed by atoms with Crippen LogP contribution in [0.5, 0.6) is 0 Å². The molecule has 0 radical (unpaired) electrons. The van der Waals surface area contributed by atoms with Crippen molar-refractivity contribution in [3.05, 3.63) is 66.7 Å². The highest BCUT2D eigenvalue weighted by atomic mass is 19.4. The largest absolute Gasteiger partial charge is 0.422 e. The zero-order chi connectivity index (χ0) is 19.3. The Balaban J connectivity index is 1.85. The van der Waals surface area contributed by atoms with E-state index in [0.717, 1.165) is 12.5 Å². The Morgan fingerprint density at radius 2 is 1.75 bits per heavy atom. The lowest BCUT2D eigenvalue weighted by molar-refractivity contribution is -0.136. The van der Waals surface area contributed by atoms with E-state index in [-0.39, 0.29) is 22.6 Å². The number of hydrogen-bond donors (Lipinski definition) is 0. The number of fused-ring (bicyclic) bond motifs is 3. The Morgan fingerprint density at radius 3 is 2.46 bits per heavy atom. The molecule has 0 aliphatic heterocycles. The average Bonchev–Trinajstić information content (AvgIpc) is 3.36. The van der Waals surface area contributed by atoms with Crippen molar-refractivity contribution in [3.63, 3.8) is 0 Å². The van der Waals surface area contributed by atoms with Crippen LogP contribution in [0.4, 0.5) is 13.2 Å². The van der Waals surface area contributed by atoms with Gasteiger partial charge in [-0.1, -0.05) is 30.3 Å². The van der Waals surface area contributed by atoms with Crippen LogP contribution in [0, 0.1) is 0 Å². The molecule has 0 N–H and O–H groups in total. The maximum Gasteiger partial charge on any atom is 0.417 e. The SMILES string of the molecule is FC(F)(F)c1cc(-c2ccccc2)nc2c1ccc1nc(-c3nnco3)cn12. The molecule has 138 valence electrons. The van der Waals surface area contributed by atoms with Crippen molar-refractivity contribution in [3.8, 4) is 22.8 Å². The van der Waals surface area contributed by atoms with E-state index >= 15 is 0 Å². The molecule has 5 aromatic rings. The molecule has 1 aromatic carbocycles. The van der Waals surface area contributed by atoms with E-state index < -0.39 is 11.7 Å². The summed E-state index contributed by atoms with van der Waals surface area (Å²) in [5.41, 5.74) is 0.970. The van der Waals surface area contributed by atoms with Gasteiger partial charge in [-0.05, 0) is 18.2 Å². The summed E-state index contributed by atoms with van der Waals surface area (Å²) < 4.78 is 47.9. The number of pyridine rings is 2. The van der Waals surface area contributed by atoms with E-state index in [2.05, 4.69) is 20.2 Å². The summed E-state index contributed by atoms with van der Waals surface area (Å²) in [6.07, 6.45) is -1.84. The number of hydrogen-bond acceptors (Lipinski definition) is 5. The van der Waals surface area contributed by atoms with E-state index in [1.165, 1.54) is 22.7 Å². The van der Waals surface area contributed by atoms with Crippen molar-refractivity contribution in [1.82, 2.24) is 24.6 Å². The lowest BCUT2D eigenvalue weighted by atomic mass is 10.1. The molecule has 4 heterocycles. The van der Waals surface area contributed by atoms with Crippen LogP contribution in [0.3, 0.4) is 0 Å². The van der Waals surface area contributed by atoms with E-state index in [1.807, 2.05) is 0 Å². The molecule has 4 aromatic heterocycles. The highest BCUT2D eigenvalue weighted by molar-refractivity contribution is 5.86. The summed E-state index contributed by atoms with van der Waals surface area (Å²) in [6, 6.07) is 12.7. The summed E-state index contributed by atoms with van der Waals surface area (Å²) in [6.45, 7) is 0. The van der Waals surface area contributed by atoms with Gasteiger partial charge in [-0.3, -0.25) is 4.40 Å². The molecule has 0 amide bonds. The van der Waals surface area contributed by atoms with Crippen molar-refractivity contribution >= 4 is 16.7 Å². The Labute approximate surface area is 155 Å². The Kier molecular flexibility index (Phi) is 3.45. The van der Waals surface area contributed by atoms with Gasteiger partial charge in [0.25, 0.3) is 5.89 Å². The van der Waals surface area contributed by atoms with Gasteiger partial charge in [0.1, 0.15) is 17.0 Å². The van der Waals surface area contributed by atoms with Crippen molar-refractivity contribution in [2.24, 2.45) is 0 Å². The highest BCUT2D eigenvalue weighted by Crippen LogP contribution is 2.37. The monoisotopic (exact) mass is 381 g/mol. The van der Waals surface area contributed by atoms with Crippen LogP contribution < -0.4 is 0 Å². The molecule has 0 aliphatic carbocycles. The number of aromatic nitrogens is 5. The van der Waals surface area contributed by atoms with Gasteiger partial charge in [0, 0.05) is 17.1 Å². The average molecular weight is 381 g/mol. The third kappa shape index (κ3) is 2.59. The van der Waals surface area contributed by atoms with Gasteiger partial charge in [0.2, 0.25) is 6.39 Å². The highest BCUT2D eigenvalue weighted by Gasteiger charge is 2.34. The zero-order valence-corrected chi connectivity index (χ0v) is 14.1. The number of alkyl halides is 3. The molecular formula is C19H10F3N5O. The number of imidazole rings is 1. The van der Waals surface area contributed by atoms with E-state index in [9.17, 15) is 13.2 Å². The second-order valence-electron chi connectivity index (χ2n) is 6.09. The molecule has 0 saturated heterocycles. The molecule has 0 unspecified atom stereocenters. The lowest BCUT2D eigenvalue weighted by Crippen LogP contribution is -2.08. The Hall–Kier alpha value is -3.75. The van der Waals surface area contributed by atoms with Crippen LogP contribution in [0.1, 0.15) is 5.56 Å². The van der Waals surface area contributed by atoms with Gasteiger partial charge in [-0.15, -0.1) is 10.2 Å². The minimum atomic E-state index is -4.53. The second-order valence-corrected chi connectivity index (χ2v) is 6.09. The number of nitrogens with zero attached hydrogens (tertiary/aromatic N) is 5. The fraction of sp³-hybridized carbons (Fsp3) is 0.0526. The second kappa shape index (κ2) is 5.88. The quantitative estimate of drug-likeness (QED) is 0.446. The minimum absolute atomic E-state index is 0.0193. The first-order chi connectivity index (χ1) is 13.5. The molecule has 0 spiro atoms. The van der Waals surface area contributed by atoms with Gasteiger partial charge in [-0.2, -0.15) is 13.2 Å². The van der Waals surface area contributed by atoms with Crippen molar-refractivity contribution < 1.29 is 17.6 Å². The standard InChI is InChI=1S/C19H10F3N5O/c20-19(21,22)13-8-14(11-4-2-1-3-5-11)25-17-12(13)6-7-16-24-15(9-27(16)17)18-26-23-10-28-18/h1-10H. The van der Waals surface area contributed by atoms with Crippen LogP contribution in [-0.2, 0) is 6.18 Å². The zero-order valence-electron chi connectivity index (χ0n) is 14.1. The summed E-state index contributed by atoms with van der Waals surface area (Å²) in [5.74, 6) is 0.173. The third-order valence-electron chi connectivity index (χ3n) is 4.35. The molecule has 6 nitrogen and oxygen atoms in total. The molecule has 0 saturated carbocycles. The van der Waals surface area contributed by atoms with Gasteiger partial charge < -0.3 is 4.42 Å². The minimum Gasteiger partial charge on any atom is -0.422 e. The van der Waals surface area contributed by atoms with Crippen LogP contribution in [0.2, 0.25) is 0 Å². The molecule has 0 atom stereocenters. The summed E-state index contributed by atoms with van der Waals surface area (Å²) in [7, 11) is 0. The summed E-state index contributed by atoms with van der Waals surface area (Å²) in [5, 5.41) is 7.37. The third-order valence-corrected chi connectivity index (χ3v) is 4.35. The molecule has 0 aliphatic rings.